The first-order valence-corrected chi connectivity index (χ1v) is 15.2. The number of rotatable bonds is 4. The Morgan fingerprint density at radius 1 is 0.971 bits per heavy atom. The molecule has 4 aliphatic carbocycles. The number of carbonyl (C=O) groups excluding carboxylic acids is 1. The molecule has 4 aliphatic rings. The molecule has 3 fully saturated rings. The number of sulfonamides is 1. The van der Waals surface area contributed by atoms with E-state index in [1.165, 1.54) is 29.8 Å². The third kappa shape index (κ3) is 3.75. The summed E-state index contributed by atoms with van der Waals surface area (Å²) in [6.45, 7) is 4.42. The first-order chi connectivity index (χ1) is 15.8. The predicted molar refractivity (Wildman–Crippen MR) is 128 cm³/mol. The monoisotopic (exact) mass is 507 g/mol. The largest absolute Gasteiger partial charge is 0.382 e. The number of benzene rings is 1. The van der Waals surface area contributed by atoms with Crippen molar-refractivity contribution in [3.63, 3.8) is 0 Å². The number of allylic oxidation sites excluding steroid dienone is 1. The second-order valence-electron chi connectivity index (χ2n) is 11.2. The summed E-state index contributed by atoms with van der Waals surface area (Å²) < 4.78 is 55.8. The highest BCUT2D eigenvalue weighted by Crippen LogP contribution is 2.66. The zero-order valence-corrected chi connectivity index (χ0v) is 21.3. The lowest BCUT2D eigenvalue weighted by atomic mass is 9.47. The molecule has 0 aliphatic heterocycles. The molecule has 0 spiro atoms. The van der Waals surface area contributed by atoms with E-state index in [-0.39, 0.29) is 27.3 Å². The Hall–Kier alpha value is -1.71. The molecule has 186 valence electrons. The van der Waals surface area contributed by atoms with Crippen LogP contribution in [0, 0.1) is 28.6 Å². The van der Waals surface area contributed by atoms with Gasteiger partial charge in [-0.15, -0.1) is 0 Å². The van der Waals surface area contributed by atoms with Gasteiger partial charge in [0.15, 0.2) is 5.78 Å². The van der Waals surface area contributed by atoms with E-state index in [2.05, 4.69) is 13.8 Å². The topological polar surface area (TPSA) is 121 Å². The summed E-state index contributed by atoms with van der Waals surface area (Å²) >= 11 is 0. The summed E-state index contributed by atoms with van der Waals surface area (Å²) in [4.78, 5) is 11.9. The summed E-state index contributed by atoms with van der Waals surface area (Å²) in [7, 11) is -7.94. The highest BCUT2D eigenvalue weighted by Gasteiger charge is 2.62. The van der Waals surface area contributed by atoms with E-state index < -0.39 is 25.4 Å². The first kappa shape index (κ1) is 24.0. The fourth-order valence-corrected chi connectivity index (χ4v) is 10.3. The van der Waals surface area contributed by atoms with Gasteiger partial charge in [0.2, 0.25) is 10.0 Å². The van der Waals surface area contributed by atoms with Crippen LogP contribution >= 0.6 is 0 Å². The van der Waals surface area contributed by atoms with Crippen LogP contribution in [0.3, 0.4) is 0 Å². The molecule has 0 heterocycles. The van der Waals surface area contributed by atoms with Gasteiger partial charge in [-0.25, -0.2) is 13.6 Å². The van der Waals surface area contributed by atoms with Crippen molar-refractivity contribution in [3.8, 4) is 5.75 Å². The van der Waals surface area contributed by atoms with E-state index in [4.69, 9.17) is 9.32 Å². The van der Waals surface area contributed by atoms with Gasteiger partial charge in [0.25, 0.3) is 0 Å². The molecule has 2 N–H and O–H groups in total. The number of nitrogens with two attached hydrogens (primary N) is 1. The molecule has 5 rings (SSSR count). The SMILES string of the molecule is C[C@]12CCC(=O)C=C1CCC1C2CC[C@@]2(C)C1CC[C@@H]2S(=O)(=O)Oc1cccc(S(N)(=O)=O)c1. The maximum Gasteiger partial charge on any atom is 0.312 e. The average molecular weight is 508 g/mol. The molecule has 3 unspecified atom stereocenters. The summed E-state index contributed by atoms with van der Waals surface area (Å²) in [5.74, 6) is 1.43. The Balaban J connectivity index is 1.40. The number of hydrogen-bond donors (Lipinski definition) is 1. The van der Waals surface area contributed by atoms with E-state index in [9.17, 15) is 21.6 Å². The third-order valence-electron chi connectivity index (χ3n) is 9.57. The summed E-state index contributed by atoms with van der Waals surface area (Å²) in [6, 6.07) is 5.35. The quantitative estimate of drug-likeness (QED) is 0.616. The number of hydrogen-bond acceptors (Lipinski definition) is 6. The molecule has 7 nitrogen and oxygen atoms in total. The van der Waals surface area contributed by atoms with Gasteiger partial charge < -0.3 is 4.18 Å². The maximum absolute atomic E-state index is 13.5. The minimum atomic E-state index is -3.98. The normalized spacial score (nSPS) is 37.9. The molecule has 1 aromatic rings. The number of fused-ring (bicyclic) bond motifs is 5. The van der Waals surface area contributed by atoms with Crippen molar-refractivity contribution >= 4 is 25.9 Å². The molecule has 0 saturated heterocycles. The molecule has 0 aromatic heterocycles. The van der Waals surface area contributed by atoms with E-state index in [0.29, 0.717) is 30.6 Å². The zero-order chi connectivity index (χ0) is 24.5. The molecular formula is C25H33NO6S2. The standard InChI is InChI=1S/C25H33NO6S2/c1-24-12-10-17(27)14-16(24)6-7-20-21-8-9-23(25(21,2)13-11-22(20)24)34(30,31)32-18-4-3-5-19(15-18)33(26,28)29/h3-5,14-15,20-23H,6-13H2,1-2H3,(H2,26,28,29)/t20?,21?,22?,23-,24-,25-/m0/s1. The van der Waals surface area contributed by atoms with Crippen molar-refractivity contribution < 1.29 is 25.8 Å². The van der Waals surface area contributed by atoms with Crippen LogP contribution in [-0.2, 0) is 24.9 Å². The van der Waals surface area contributed by atoms with Crippen molar-refractivity contribution in [1.29, 1.82) is 0 Å². The van der Waals surface area contributed by atoms with Gasteiger partial charge in [-0.1, -0.05) is 25.5 Å². The van der Waals surface area contributed by atoms with Crippen LogP contribution in [0.2, 0.25) is 0 Å². The van der Waals surface area contributed by atoms with Crippen LogP contribution in [0.1, 0.15) is 65.2 Å². The minimum Gasteiger partial charge on any atom is -0.382 e. The van der Waals surface area contributed by atoms with Crippen LogP contribution in [0.15, 0.2) is 40.8 Å². The molecule has 34 heavy (non-hydrogen) atoms. The fraction of sp³-hybridized carbons (Fsp3) is 0.640. The van der Waals surface area contributed by atoms with Gasteiger partial charge in [-0.2, -0.15) is 8.42 Å². The van der Waals surface area contributed by atoms with Gasteiger partial charge in [-0.05, 0) is 91.7 Å². The van der Waals surface area contributed by atoms with Crippen molar-refractivity contribution in [3.05, 3.63) is 35.9 Å². The zero-order valence-electron chi connectivity index (χ0n) is 19.7. The molecule has 0 amide bonds. The van der Waals surface area contributed by atoms with Crippen molar-refractivity contribution in [1.82, 2.24) is 0 Å². The number of primary sulfonamides is 1. The number of carbonyl (C=O) groups is 1. The van der Waals surface area contributed by atoms with Crippen molar-refractivity contribution in [2.45, 2.75) is 75.4 Å². The van der Waals surface area contributed by atoms with Crippen molar-refractivity contribution in [2.75, 3.05) is 0 Å². The molecule has 1 aromatic carbocycles. The maximum atomic E-state index is 13.5. The fourth-order valence-electron chi connectivity index (χ4n) is 7.88. The lowest BCUT2D eigenvalue weighted by molar-refractivity contribution is -0.117. The van der Waals surface area contributed by atoms with E-state index in [0.717, 1.165) is 38.5 Å². The van der Waals surface area contributed by atoms with Gasteiger partial charge in [-0.3, -0.25) is 4.79 Å². The van der Waals surface area contributed by atoms with E-state index >= 15 is 0 Å². The average Bonchev–Trinajstić information content (AvgIpc) is 3.12. The second-order valence-corrected chi connectivity index (χ2v) is 14.5. The highest BCUT2D eigenvalue weighted by atomic mass is 32.2. The molecule has 9 heteroatoms. The summed E-state index contributed by atoms with van der Waals surface area (Å²) in [6.07, 6.45) is 8.45. The Kier molecular flexibility index (Phi) is 5.58. The minimum absolute atomic E-state index is 0.0286. The lowest BCUT2D eigenvalue weighted by Gasteiger charge is -2.57. The Morgan fingerprint density at radius 2 is 1.74 bits per heavy atom. The predicted octanol–water partition coefficient (Wildman–Crippen LogP) is 3.94. The first-order valence-electron chi connectivity index (χ1n) is 12.1. The Morgan fingerprint density at radius 3 is 2.47 bits per heavy atom. The lowest BCUT2D eigenvalue weighted by Crippen LogP contribution is -2.52. The van der Waals surface area contributed by atoms with Gasteiger partial charge >= 0.3 is 10.1 Å². The molecule has 0 bridgehead atoms. The van der Waals surface area contributed by atoms with E-state index in [1.807, 2.05) is 6.08 Å². The molecule has 0 radical (unpaired) electrons. The Labute approximate surface area is 202 Å². The van der Waals surface area contributed by atoms with Crippen molar-refractivity contribution in [2.24, 2.45) is 33.7 Å². The van der Waals surface area contributed by atoms with Gasteiger partial charge in [0, 0.05) is 12.5 Å². The summed E-state index contributed by atoms with van der Waals surface area (Å²) in [5, 5.41) is 4.55. The number of ketones is 1. The highest BCUT2D eigenvalue weighted by molar-refractivity contribution is 7.89. The second kappa shape index (κ2) is 7.90. The van der Waals surface area contributed by atoms with Crippen LogP contribution in [0.4, 0.5) is 0 Å². The summed E-state index contributed by atoms with van der Waals surface area (Å²) in [5.41, 5.74) is 0.952. The molecular weight excluding hydrogens is 474 g/mol. The van der Waals surface area contributed by atoms with Gasteiger partial charge in [0.1, 0.15) is 11.0 Å². The molecule has 3 saturated carbocycles. The third-order valence-corrected chi connectivity index (χ3v) is 12.4. The van der Waals surface area contributed by atoms with Gasteiger partial charge in [0.05, 0.1) is 4.90 Å². The Bertz CT molecular complexity index is 1270. The van der Waals surface area contributed by atoms with Crippen LogP contribution < -0.4 is 9.32 Å². The smallest absolute Gasteiger partial charge is 0.312 e. The molecule has 6 atom stereocenters. The van der Waals surface area contributed by atoms with E-state index in [1.54, 1.807) is 0 Å². The van der Waals surface area contributed by atoms with Crippen LogP contribution in [-0.4, -0.2) is 27.9 Å². The van der Waals surface area contributed by atoms with Crippen LogP contribution in [0.5, 0.6) is 5.75 Å². The van der Waals surface area contributed by atoms with Crippen LogP contribution in [0.25, 0.3) is 0 Å².